The van der Waals surface area contributed by atoms with Crippen LogP contribution in [-0.4, -0.2) is 36.1 Å². The minimum Gasteiger partial charge on any atom is -0.465 e. The highest BCUT2D eigenvalue weighted by atomic mass is 35.5. The molecule has 0 aliphatic carbocycles. The number of hydrogen-bond acceptors (Lipinski definition) is 7. The van der Waals surface area contributed by atoms with Gasteiger partial charge in [-0.3, -0.25) is 0 Å². The Hall–Kier alpha value is -1.78. The second-order valence-corrected chi connectivity index (χ2v) is 5.21. The summed E-state index contributed by atoms with van der Waals surface area (Å²) in [6.45, 7) is 1.84. The van der Waals surface area contributed by atoms with Gasteiger partial charge in [0.15, 0.2) is 10.0 Å². The van der Waals surface area contributed by atoms with Crippen LogP contribution in [0.25, 0.3) is 0 Å². The maximum absolute atomic E-state index is 11.5. The topological polar surface area (TPSA) is 78.2 Å². The summed E-state index contributed by atoms with van der Waals surface area (Å²) in [5.74, 6) is -0.160. The molecule has 0 aromatic carbocycles. The Morgan fingerprint density at radius 1 is 1.79 bits per heavy atom. The van der Waals surface area contributed by atoms with Gasteiger partial charge in [0.25, 0.3) is 0 Å². The van der Waals surface area contributed by atoms with Crippen LogP contribution in [0.15, 0.2) is 16.8 Å². The highest BCUT2D eigenvalue weighted by Gasteiger charge is 2.25. The number of nitrogens with one attached hydrogen (secondary N) is 1. The molecule has 0 saturated carbocycles. The molecule has 1 N–H and O–H groups in total. The molecule has 0 radical (unpaired) electrons. The predicted octanol–water partition coefficient (Wildman–Crippen LogP) is 1.11. The van der Waals surface area contributed by atoms with Crippen LogP contribution in [-0.2, 0) is 16.1 Å². The number of nitriles is 1. The molecule has 100 valence electrons. The Morgan fingerprint density at radius 2 is 2.58 bits per heavy atom. The first-order valence-corrected chi connectivity index (χ1v) is 6.73. The molecule has 1 aromatic heterocycles. The number of carbonyl (C=O) groups is 1. The quantitative estimate of drug-likeness (QED) is 0.512. The normalized spacial score (nSPS) is 16.8. The second-order valence-electron chi connectivity index (χ2n) is 3.77. The average Bonchev–Trinajstić information content (AvgIpc) is 3.01. The van der Waals surface area contributed by atoms with Gasteiger partial charge in [-0.25, -0.2) is 9.78 Å². The molecule has 2 rings (SSSR count). The zero-order valence-corrected chi connectivity index (χ0v) is 11.7. The number of ether oxygens (including phenoxy) is 1. The zero-order valence-electron chi connectivity index (χ0n) is 10.1. The van der Waals surface area contributed by atoms with Crippen molar-refractivity contribution < 1.29 is 9.53 Å². The van der Waals surface area contributed by atoms with E-state index in [1.54, 1.807) is 0 Å². The van der Waals surface area contributed by atoms with Crippen molar-refractivity contribution in [3.8, 4) is 6.07 Å². The molecule has 1 fully saturated rings. The fraction of sp³-hybridized carbons (Fsp3) is 0.364. The van der Waals surface area contributed by atoms with E-state index in [0.717, 1.165) is 5.69 Å². The summed E-state index contributed by atoms with van der Waals surface area (Å²) in [6.07, 6.45) is 0. The molecule has 8 heteroatoms. The lowest BCUT2D eigenvalue weighted by molar-refractivity contribution is -0.135. The first kappa shape index (κ1) is 13.6. The van der Waals surface area contributed by atoms with Crippen molar-refractivity contribution in [2.45, 2.75) is 6.54 Å². The summed E-state index contributed by atoms with van der Waals surface area (Å²) < 4.78 is 5.07. The Balaban J connectivity index is 2.23. The number of halogens is 1. The highest BCUT2D eigenvalue weighted by molar-refractivity contribution is 7.13. The van der Waals surface area contributed by atoms with Crippen LogP contribution in [0.1, 0.15) is 5.69 Å². The van der Waals surface area contributed by atoms with Crippen LogP contribution in [0.5, 0.6) is 0 Å². The van der Waals surface area contributed by atoms with E-state index in [2.05, 4.69) is 15.0 Å². The Kier molecular flexibility index (Phi) is 4.24. The standard InChI is InChI=1S/C11H11ClN4O2S/c1-18-10(17)8(4-13)9-14-2-3-16(9)5-7-6-19-11(12)15-7/h6,14H,2-3,5H2,1H3. The first-order chi connectivity index (χ1) is 9.15. The van der Waals surface area contributed by atoms with Crippen LogP contribution >= 0.6 is 22.9 Å². The number of thiazole rings is 1. The molecule has 0 spiro atoms. The SMILES string of the molecule is COC(=O)C(C#N)=C1NCCN1Cc1csc(Cl)n1. The van der Waals surface area contributed by atoms with E-state index < -0.39 is 5.97 Å². The number of aromatic nitrogens is 1. The van der Waals surface area contributed by atoms with Crippen molar-refractivity contribution in [1.29, 1.82) is 5.26 Å². The number of rotatable bonds is 3. The molecule has 1 aliphatic rings. The van der Waals surface area contributed by atoms with Crippen LogP contribution in [0, 0.1) is 11.3 Å². The molecule has 1 aromatic rings. The van der Waals surface area contributed by atoms with E-state index in [1.165, 1.54) is 18.4 Å². The highest BCUT2D eigenvalue weighted by Crippen LogP contribution is 2.20. The first-order valence-electron chi connectivity index (χ1n) is 5.47. The third kappa shape index (κ3) is 2.97. The van der Waals surface area contributed by atoms with E-state index in [9.17, 15) is 4.79 Å². The molecule has 0 amide bonds. The van der Waals surface area contributed by atoms with Gasteiger partial charge in [-0.05, 0) is 0 Å². The summed E-state index contributed by atoms with van der Waals surface area (Å²) >= 11 is 7.13. The number of methoxy groups -OCH3 is 1. The lowest BCUT2D eigenvalue weighted by atomic mass is 10.2. The van der Waals surface area contributed by atoms with Gasteiger partial charge in [-0.2, -0.15) is 5.26 Å². The number of hydrogen-bond donors (Lipinski definition) is 1. The molecular weight excluding hydrogens is 288 g/mol. The van der Waals surface area contributed by atoms with Crippen molar-refractivity contribution in [3.63, 3.8) is 0 Å². The summed E-state index contributed by atoms with van der Waals surface area (Å²) in [5.41, 5.74) is 0.777. The molecule has 19 heavy (non-hydrogen) atoms. The van der Waals surface area contributed by atoms with Crippen LogP contribution in [0.2, 0.25) is 4.47 Å². The summed E-state index contributed by atoms with van der Waals surface area (Å²) in [6, 6.07) is 1.87. The van der Waals surface area contributed by atoms with Crippen LogP contribution in [0.3, 0.4) is 0 Å². The molecule has 2 heterocycles. The van der Waals surface area contributed by atoms with Crippen molar-refractivity contribution in [1.82, 2.24) is 15.2 Å². The van der Waals surface area contributed by atoms with Gasteiger partial charge in [0, 0.05) is 18.5 Å². The van der Waals surface area contributed by atoms with Crippen molar-refractivity contribution in [3.05, 3.63) is 26.9 Å². The zero-order chi connectivity index (χ0) is 13.8. The van der Waals surface area contributed by atoms with E-state index in [4.69, 9.17) is 16.9 Å². The van der Waals surface area contributed by atoms with E-state index >= 15 is 0 Å². The van der Waals surface area contributed by atoms with Gasteiger partial charge in [-0.15, -0.1) is 11.3 Å². The van der Waals surface area contributed by atoms with Gasteiger partial charge in [0.1, 0.15) is 11.9 Å². The van der Waals surface area contributed by atoms with Crippen molar-refractivity contribution in [2.75, 3.05) is 20.2 Å². The van der Waals surface area contributed by atoms with E-state index in [1.807, 2.05) is 16.3 Å². The Morgan fingerprint density at radius 3 is 3.16 bits per heavy atom. The summed E-state index contributed by atoms with van der Waals surface area (Å²) in [4.78, 5) is 17.6. The maximum Gasteiger partial charge on any atom is 0.352 e. The maximum atomic E-state index is 11.5. The fourth-order valence-corrected chi connectivity index (χ4v) is 2.56. The largest absolute Gasteiger partial charge is 0.465 e. The van der Waals surface area contributed by atoms with Crippen LogP contribution < -0.4 is 5.32 Å². The number of nitrogens with zero attached hydrogens (tertiary/aromatic N) is 3. The van der Waals surface area contributed by atoms with Crippen molar-refractivity contribution in [2.24, 2.45) is 0 Å². The monoisotopic (exact) mass is 298 g/mol. The van der Waals surface area contributed by atoms with Gasteiger partial charge >= 0.3 is 5.97 Å². The minimum atomic E-state index is -0.645. The summed E-state index contributed by atoms with van der Waals surface area (Å²) in [7, 11) is 1.25. The Labute approximate surface area is 119 Å². The van der Waals surface area contributed by atoms with Crippen molar-refractivity contribution >= 4 is 28.9 Å². The smallest absolute Gasteiger partial charge is 0.352 e. The average molecular weight is 299 g/mol. The van der Waals surface area contributed by atoms with Gasteiger partial charge < -0.3 is 15.0 Å². The summed E-state index contributed by atoms with van der Waals surface area (Å²) in [5, 5.41) is 13.9. The van der Waals surface area contributed by atoms with E-state index in [0.29, 0.717) is 29.9 Å². The lowest BCUT2D eigenvalue weighted by Crippen LogP contribution is -2.24. The second kappa shape index (κ2) is 5.91. The Bertz CT molecular complexity index is 563. The predicted molar refractivity (Wildman–Crippen MR) is 70.2 cm³/mol. The van der Waals surface area contributed by atoms with E-state index in [-0.39, 0.29) is 5.57 Å². The third-order valence-electron chi connectivity index (χ3n) is 2.61. The van der Waals surface area contributed by atoms with Gasteiger partial charge in [-0.1, -0.05) is 11.6 Å². The number of carbonyl (C=O) groups excluding carboxylic acids is 1. The molecule has 1 aliphatic heterocycles. The minimum absolute atomic E-state index is 0.0265. The number of esters is 1. The molecule has 1 saturated heterocycles. The fourth-order valence-electron chi connectivity index (χ4n) is 1.79. The third-order valence-corrected chi connectivity index (χ3v) is 3.63. The lowest BCUT2D eigenvalue weighted by Gasteiger charge is -2.18. The molecule has 0 bridgehead atoms. The molecular formula is C11H11ClN4O2S. The van der Waals surface area contributed by atoms with Gasteiger partial charge in [0.05, 0.1) is 19.3 Å². The molecule has 0 unspecified atom stereocenters. The van der Waals surface area contributed by atoms with Gasteiger partial charge in [0.2, 0.25) is 0 Å². The molecule has 0 atom stereocenters. The molecule has 6 nitrogen and oxygen atoms in total. The van der Waals surface area contributed by atoms with Crippen LogP contribution in [0.4, 0.5) is 0 Å².